The quantitative estimate of drug-likeness (QED) is 0.820. The summed E-state index contributed by atoms with van der Waals surface area (Å²) in [7, 11) is 0. The van der Waals surface area contributed by atoms with Gasteiger partial charge >= 0.3 is 0 Å². The molecular formula is C16H25NO2. The number of ether oxygens (including phenoxy) is 2. The van der Waals surface area contributed by atoms with Gasteiger partial charge in [-0.15, -0.1) is 0 Å². The average Bonchev–Trinajstić information content (AvgIpc) is 2.94. The fourth-order valence-electron chi connectivity index (χ4n) is 2.24. The van der Waals surface area contributed by atoms with Crippen LogP contribution in [0.5, 0.6) is 5.75 Å². The Labute approximate surface area is 116 Å². The molecule has 106 valence electrons. The highest BCUT2D eigenvalue weighted by atomic mass is 16.5. The number of para-hydroxylation sites is 1. The van der Waals surface area contributed by atoms with Crippen LogP contribution >= 0.6 is 0 Å². The SMILES string of the molecule is CCC(C)Oc1ccccc1CNCC1CCCO1. The van der Waals surface area contributed by atoms with Gasteiger partial charge in [0.2, 0.25) is 0 Å². The van der Waals surface area contributed by atoms with E-state index in [4.69, 9.17) is 9.47 Å². The van der Waals surface area contributed by atoms with Crippen molar-refractivity contribution in [3.05, 3.63) is 29.8 Å². The van der Waals surface area contributed by atoms with Crippen molar-refractivity contribution in [1.82, 2.24) is 5.32 Å². The molecule has 0 saturated carbocycles. The zero-order chi connectivity index (χ0) is 13.5. The van der Waals surface area contributed by atoms with E-state index < -0.39 is 0 Å². The summed E-state index contributed by atoms with van der Waals surface area (Å²) in [6, 6.07) is 8.27. The van der Waals surface area contributed by atoms with Crippen LogP contribution in [-0.2, 0) is 11.3 Å². The molecule has 2 rings (SSSR count). The van der Waals surface area contributed by atoms with E-state index in [1.54, 1.807) is 0 Å². The first-order chi connectivity index (χ1) is 9.29. The Bertz CT molecular complexity index is 375. The lowest BCUT2D eigenvalue weighted by molar-refractivity contribution is 0.110. The first kappa shape index (κ1) is 14.4. The summed E-state index contributed by atoms with van der Waals surface area (Å²) in [5, 5.41) is 3.47. The molecule has 19 heavy (non-hydrogen) atoms. The van der Waals surface area contributed by atoms with Gasteiger partial charge in [-0.2, -0.15) is 0 Å². The van der Waals surface area contributed by atoms with E-state index in [9.17, 15) is 0 Å². The second kappa shape index (κ2) is 7.51. The first-order valence-corrected chi connectivity index (χ1v) is 7.36. The van der Waals surface area contributed by atoms with Crippen molar-refractivity contribution in [3.8, 4) is 5.75 Å². The summed E-state index contributed by atoms with van der Waals surface area (Å²) in [6.07, 6.45) is 4.05. The van der Waals surface area contributed by atoms with Gasteiger partial charge in [0.25, 0.3) is 0 Å². The molecule has 3 heteroatoms. The first-order valence-electron chi connectivity index (χ1n) is 7.36. The Morgan fingerprint density at radius 2 is 2.26 bits per heavy atom. The number of nitrogens with one attached hydrogen (secondary N) is 1. The highest BCUT2D eigenvalue weighted by Crippen LogP contribution is 2.20. The number of hydrogen-bond donors (Lipinski definition) is 1. The minimum Gasteiger partial charge on any atom is -0.490 e. The Hall–Kier alpha value is -1.06. The molecule has 2 atom stereocenters. The average molecular weight is 263 g/mol. The van der Waals surface area contributed by atoms with Crippen LogP contribution in [-0.4, -0.2) is 25.4 Å². The molecule has 2 unspecified atom stereocenters. The minimum absolute atomic E-state index is 0.263. The Morgan fingerprint density at radius 3 is 3.00 bits per heavy atom. The van der Waals surface area contributed by atoms with Gasteiger partial charge in [0, 0.05) is 25.3 Å². The normalized spacial score (nSPS) is 20.4. The van der Waals surface area contributed by atoms with E-state index in [-0.39, 0.29) is 6.10 Å². The molecule has 3 nitrogen and oxygen atoms in total. The summed E-state index contributed by atoms with van der Waals surface area (Å²) in [4.78, 5) is 0. The predicted molar refractivity (Wildman–Crippen MR) is 77.5 cm³/mol. The lowest BCUT2D eigenvalue weighted by atomic mass is 10.2. The third-order valence-electron chi connectivity index (χ3n) is 3.59. The van der Waals surface area contributed by atoms with Crippen molar-refractivity contribution in [2.45, 2.75) is 51.9 Å². The second-order valence-corrected chi connectivity index (χ2v) is 5.21. The largest absolute Gasteiger partial charge is 0.490 e. The van der Waals surface area contributed by atoms with Crippen LogP contribution in [0.15, 0.2) is 24.3 Å². The summed E-state index contributed by atoms with van der Waals surface area (Å²) >= 11 is 0. The Balaban J connectivity index is 1.84. The van der Waals surface area contributed by atoms with Crippen LogP contribution in [0.2, 0.25) is 0 Å². The molecule has 0 amide bonds. The molecule has 0 aromatic heterocycles. The van der Waals surface area contributed by atoms with Crippen LogP contribution in [0.1, 0.15) is 38.7 Å². The fourth-order valence-corrected chi connectivity index (χ4v) is 2.24. The van der Waals surface area contributed by atoms with Gasteiger partial charge < -0.3 is 14.8 Å². The molecule has 0 bridgehead atoms. The standard InChI is InChI=1S/C16H25NO2/c1-3-13(2)19-16-9-5-4-7-14(16)11-17-12-15-8-6-10-18-15/h4-5,7,9,13,15,17H,3,6,8,10-12H2,1-2H3. The number of rotatable bonds is 7. The Morgan fingerprint density at radius 1 is 1.42 bits per heavy atom. The molecule has 1 aromatic rings. The molecule has 0 radical (unpaired) electrons. The van der Waals surface area contributed by atoms with E-state index in [0.29, 0.717) is 6.10 Å². The van der Waals surface area contributed by atoms with Crippen molar-refractivity contribution in [2.75, 3.05) is 13.2 Å². The molecule has 1 N–H and O–H groups in total. The van der Waals surface area contributed by atoms with Crippen molar-refractivity contribution in [2.24, 2.45) is 0 Å². The van der Waals surface area contributed by atoms with Gasteiger partial charge in [-0.3, -0.25) is 0 Å². The van der Waals surface area contributed by atoms with Crippen molar-refractivity contribution in [3.63, 3.8) is 0 Å². The molecule has 1 aliphatic rings. The third kappa shape index (κ3) is 4.51. The lowest BCUT2D eigenvalue weighted by Crippen LogP contribution is -2.26. The smallest absolute Gasteiger partial charge is 0.124 e. The molecule has 1 fully saturated rings. The van der Waals surface area contributed by atoms with Gasteiger partial charge in [-0.1, -0.05) is 25.1 Å². The summed E-state index contributed by atoms with van der Waals surface area (Å²) in [6.45, 7) is 6.93. The van der Waals surface area contributed by atoms with Crippen LogP contribution < -0.4 is 10.1 Å². The maximum atomic E-state index is 5.95. The maximum absolute atomic E-state index is 5.95. The van der Waals surface area contributed by atoms with Gasteiger partial charge in [0.15, 0.2) is 0 Å². The summed E-state index contributed by atoms with van der Waals surface area (Å²) in [5.74, 6) is 0.997. The summed E-state index contributed by atoms with van der Waals surface area (Å²) in [5.41, 5.74) is 1.22. The van der Waals surface area contributed by atoms with Crippen LogP contribution in [0.25, 0.3) is 0 Å². The van der Waals surface area contributed by atoms with E-state index in [0.717, 1.165) is 31.9 Å². The zero-order valence-electron chi connectivity index (χ0n) is 12.0. The molecule has 1 aromatic carbocycles. The van der Waals surface area contributed by atoms with E-state index in [2.05, 4.69) is 37.4 Å². The van der Waals surface area contributed by atoms with E-state index in [1.165, 1.54) is 18.4 Å². The summed E-state index contributed by atoms with van der Waals surface area (Å²) < 4.78 is 11.6. The van der Waals surface area contributed by atoms with Gasteiger partial charge in [0.05, 0.1) is 12.2 Å². The zero-order valence-corrected chi connectivity index (χ0v) is 12.0. The molecule has 1 heterocycles. The maximum Gasteiger partial charge on any atom is 0.124 e. The molecule has 0 aliphatic carbocycles. The Kier molecular flexibility index (Phi) is 5.67. The van der Waals surface area contributed by atoms with Crippen molar-refractivity contribution < 1.29 is 9.47 Å². The third-order valence-corrected chi connectivity index (χ3v) is 3.59. The van der Waals surface area contributed by atoms with Gasteiger partial charge in [-0.05, 0) is 32.3 Å². The highest BCUT2D eigenvalue weighted by Gasteiger charge is 2.15. The number of hydrogen-bond acceptors (Lipinski definition) is 3. The van der Waals surface area contributed by atoms with Gasteiger partial charge in [0.1, 0.15) is 5.75 Å². The predicted octanol–water partition coefficient (Wildman–Crippen LogP) is 3.13. The van der Waals surface area contributed by atoms with Crippen LogP contribution in [0.3, 0.4) is 0 Å². The van der Waals surface area contributed by atoms with E-state index >= 15 is 0 Å². The second-order valence-electron chi connectivity index (χ2n) is 5.21. The minimum atomic E-state index is 0.263. The monoisotopic (exact) mass is 263 g/mol. The molecule has 1 aliphatic heterocycles. The molecule has 0 spiro atoms. The van der Waals surface area contributed by atoms with Crippen molar-refractivity contribution >= 4 is 0 Å². The lowest BCUT2D eigenvalue weighted by Gasteiger charge is -2.17. The number of benzene rings is 1. The van der Waals surface area contributed by atoms with E-state index in [1.807, 2.05) is 6.07 Å². The molecular weight excluding hydrogens is 238 g/mol. The van der Waals surface area contributed by atoms with Crippen molar-refractivity contribution in [1.29, 1.82) is 0 Å². The van der Waals surface area contributed by atoms with Crippen LogP contribution in [0.4, 0.5) is 0 Å². The fraction of sp³-hybridized carbons (Fsp3) is 0.625. The van der Waals surface area contributed by atoms with Gasteiger partial charge in [-0.25, -0.2) is 0 Å². The highest BCUT2D eigenvalue weighted by molar-refractivity contribution is 5.33. The van der Waals surface area contributed by atoms with Crippen LogP contribution in [0, 0.1) is 0 Å². The topological polar surface area (TPSA) is 30.5 Å². The molecule has 1 saturated heterocycles.